The van der Waals surface area contributed by atoms with Gasteiger partial charge in [-0.3, -0.25) is 0 Å². The van der Waals surface area contributed by atoms with Crippen molar-refractivity contribution < 1.29 is 9.53 Å². The van der Waals surface area contributed by atoms with Crippen LogP contribution in [0.4, 0.5) is 0 Å². The average Bonchev–Trinajstić information content (AvgIpc) is 2.17. The van der Waals surface area contributed by atoms with E-state index in [1.807, 2.05) is 12.1 Å². The molecule has 0 bridgehead atoms. The monoisotopic (exact) mass is 190 g/mol. The lowest BCUT2D eigenvalue weighted by molar-refractivity contribution is 0.0628. The van der Waals surface area contributed by atoms with Crippen molar-refractivity contribution in [1.29, 1.82) is 0 Å². The normalized spacial score (nSPS) is 9.57. The van der Waals surface area contributed by atoms with Crippen LogP contribution in [-0.4, -0.2) is 5.97 Å². The zero-order valence-electron chi connectivity index (χ0n) is 8.54. The molecule has 1 rings (SSSR count). The predicted octanol–water partition coefficient (Wildman–Crippen LogP) is 2.94. The molecule has 0 aliphatic carbocycles. The van der Waals surface area contributed by atoms with Crippen LogP contribution < -0.4 is 0 Å². The third kappa shape index (κ3) is 2.73. The maximum atomic E-state index is 11.4. The van der Waals surface area contributed by atoms with Gasteiger partial charge in [-0.25, -0.2) is 4.79 Å². The summed E-state index contributed by atoms with van der Waals surface area (Å²) in [5.74, 6) is 0.0646. The Morgan fingerprint density at radius 3 is 2.36 bits per heavy atom. The molecule has 74 valence electrons. The molecule has 0 heterocycles. The highest BCUT2D eigenvalue weighted by Crippen LogP contribution is 2.08. The molecule has 0 atom stereocenters. The predicted molar refractivity (Wildman–Crippen MR) is 56.0 cm³/mol. The van der Waals surface area contributed by atoms with E-state index in [1.54, 1.807) is 19.1 Å². The van der Waals surface area contributed by atoms with Crippen LogP contribution in [0.25, 0.3) is 0 Å². The Hall–Kier alpha value is -1.57. The van der Waals surface area contributed by atoms with Crippen LogP contribution in [0, 0.1) is 0 Å². The smallest absolute Gasteiger partial charge is 0.343 e. The van der Waals surface area contributed by atoms with E-state index in [9.17, 15) is 4.79 Å². The van der Waals surface area contributed by atoms with Crippen LogP contribution in [0.15, 0.2) is 36.6 Å². The van der Waals surface area contributed by atoms with Gasteiger partial charge in [0.2, 0.25) is 0 Å². The number of benzene rings is 1. The van der Waals surface area contributed by atoms with Gasteiger partial charge in [-0.2, -0.15) is 0 Å². The minimum atomic E-state index is -0.347. The Morgan fingerprint density at radius 1 is 1.36 bits per heavy atom. The first-order valence-corrected chi connectivity index (χ1v) is 4.60. The molecule has 2 heteroatoms. The van der Waals surface area contributed by atoms with Crippen LogP contribution in [-0.2, 0) is 11.2 Å². The number of hydrogen-bond donors (Lipinski definition) is 0. The van der Waals surface area contributed by atoms with E-state index in [0.717, 1.165) is 6.42 Å². The van der Waals surface area contributed by atoms with Crippen LogP contribution in [0.3, 0.4) is 0 Å². The summed E-state index contributed by atoms with van der Waals surface area (Å²) in [7, 11) is 0. The maximum Gasteiger partial charge on any atom is 0.343 e. The highest BCUT2D eigenvalue weighted by atomic mass is 16.5. The zero-order valence-corrected chi connectivity index (χ0v) is 8.54. The Kier molecular flexibility index (Phi) is 3.46. The molecule has 0 unspecified atom stereocenters. The highest BCUT2D eigenvalue weighted by Gasteiger charge is 2.06. The van der Waals surface area contributed by atoms with Crippen molar-refractivity contribution in [2.75, 3.05) is 0 Å². The highest BCUT2D eigenvalue weighted by molar-refractivity contribution is 5.90. The number of ether oxygens (including phenoxy) is 1. The molecule has 0 aliphatic rings. The topological polar surface area (TPSA) is 26.3 Å². The van der Waals surface area contributed by atoms with Crippen molar-refractivity contribution in [3.63, 3.8) is 0 Å². The SMILES string of the molecule is C=C(C)OC(=O)c1ccc(CC)cc1. The number of hydrogen-bond acceptors (Lipinski definition) is 2. The number of allylic oxidation sites excluding steroid dienone is 1. The van der Waals surface area contributed by atoms with E-state index < -0.39 is 0 Å². The van der Waals surface area contributed by atoms with Crippen LogP contribution in [0.2, 0.25) is 0 Å². The number of aryl methyl sites for hydroxylation is 1. The summed E-state index contributed by atoms with van der Waals surface area (Å²) >= 11 is 0. The summed E-state index contributed by atoms with van der Waals surface area (Å²) in [5, 5.41) is 0. The minimum Gasteiger partial charge on any atom is -0.428 e. The first-order valence-electron chi connectivity index (χ1n) is 4.60. The first-order chi connectivity index (χ1) is 6.63. The Labute approximate surface area is 84.2 Å². The van der Waals surface area contributed by atoms with E-state index in [4.69, 9.17) is 4.74 Å². The molecule has 0 aliphatic heterocycles. The van der Waals surface area contributed by atoms with Crippen LogP contribution in [0.5, 0.6) is 0 Å². The van der Waals surface area contributed by atoms with E-state index in [0.29, 0.717) is 11.3 Å². The number of rotatable bonds is 3. The fraction of sp³-hybridized carbons (Fsp3) is 0.250. The summed E-state index contributed by atoms with van der Waals surface area (Å²) in [6.07, 6.45) is 0.968. The lowest BCUT2D eigenvalue weighted by Crippen LogP contribution is -2.02. The fourth-order valence-corrected chi connectivity index (χ4v) is 1.09. The van der Waals surface area contributed by atoms with Crippen molar-refractivity contribution in [3.05, 3.63) is 47.7 Å². The van der Waals surface area contributed by atoms with Crippen molar-refractivity contribution in [2.45, 2.75) is 20.3 Å². The Bertz CT molecular complexity index is 336. The molecule has 0 spiro atoms. The maximum absolute atomic E-state index is 11.4. The van der Waals surface area contributed by atoms with Gasteiger partial charge >= 0.3 is 5.97 Å². The molecule has 14 heavy (non-hydrogen) atoms. The Morgan fingerprint density at radius 2 is 1.93 bits per heavy atom. The van der Waals surface area contributed by atoms with Gasteiger partial charge in [-0.05, 0) is 31.0 Å². The van der Waals surface area contributed by atoms with Crippen molar-refractivity contribution in [3.8, 4) is 0 Å². The standard InChI is InChI=1S/C12H14O2/c1-4-10-5-7-11(8-6-10)12(13)14-9(2)3/h5-8H,2,4H2,1,3H3. The van der Waals surface area contributed by atoms with Gasteiger partial charge in [0, 0.05) is 0 Å². The molecule has 0 fully saturated rings. The summed E-state index contributed by atoms with van der Waals surface area (Å²) in [6.45, 7) is 7.23. The molecular formula is C12H14O2. The molecule has 0 saturated carbocycles. The molecule has 2 nitrogen and oxygen atoms in total. The third-order valence-electron chi connectivity index (χ3n) is 1.86. The third-order valence-corrected chi connectivity index (χ3v) is 1.86. The average molecular weight is 190 g/mol. The first kappa shape index (κ1) is 10.5. The van der Waals surface area contributed by atoms with Gasteiger partial charge in [0.15, 0.2) is 0 Å². The van der Waals surface area contributed by atoms with Crippen molar-refractivity contribution in [2.24, 2.45) is 0 Å². The second-order valence-electron chi connectivity index (χ2n) is 3.14. The van der Waals surface area contributed by atoms with Crippen LogP contribution in [0.1, 0.15) is 29.8 Å². The summed E-state index contributed by atoms with van der Waals surface area (Å²) < 4.78 is 4.88. The van der Waals surface area contributed by atoms with Crippen LogP contribution >= 0.6 is 0 Å². The minimum absolute atomic E-state index is 0.347. The number of esters is 1. The van der Waals surface area contributed by atoms with E-state index in [-0.39, 0.29) is 5.97 Å². The zero-order chi connectivity index (χ0) is 10.6. The molecule has 0 aromatic heterocycles. The fourth-order valence-electron chi connectivity index (χ4n) is 1.09. The second kappa shape index (κ2) is 4.61. The molecule has 0 saturated heterocycles. The van der Waals surface area contributed by atoms with E-state index in [2.05, 4.69) is 13.5 Å². The van der Waals surface area contributed by atoms with Gasteiger partial charge < -0.3 is 4.74 Å². The lowest BCUT2D eigenvalue weighted by atomic mass is 10.1. The van der Waals surface area contributed by atoms with Gasteiger partial charge in [-0.15, -0.1) is 0 Å². The van der Waals surface area contributed by atoms with Gasteiger partial charge in [0.05, 0.1) is 11.3 Å². The Balaban J connectivity index is 2.76. The van der Waals surface area contributed by atoms with E-state index in [1.165, 1.54) is 5.56 Å². The van der Waals surface area contributed by atoms with Crippen molar-refractivity contribution >= 4 is 5.97 Å². The largest absolute Gasteiger partial charge is 0.428 e. The molecule has 1 aromatic carbocycles. The molecule has 1 aromatic rings. The molecule has 0 amide bonds. The summed E-state index contributed by atoms with van der Waals surface area (Å²) in [5.41, 5.74) is 1.77. The number of carbonyl (C=O) groups is 1. The molecule has 0 N–H and O–H groups in total. The molecule has 0 radical (unpaired) electrons. The number of carbonyl (C=O) groups excluding carboxylic acids is 1. The van der Waals surface area contributed by atoms with Crippen molar-refractivity contribution in [1.82, 2.24) is 0 Å². The van der Waals surface area contributed by atoms with Gasteiger partial charge in [0.25, 0.3) is 0 Å². The quantitative estimate of drug-likeness (QED) is 0.541. The van der Waals surface area contributed by atoms with Gasteiger partial charge in [0.1, 0.15) is 0 Å². The second-order valence-corrected chi connectivity index (χ2v) is 3.14. The lowest BCUT2D eigenvalue weighted by Gasteiger charge is -2.03. The van der Waals surface area contributed by atoms with E-state index >= 15 is 0 Å². The van der Waals surface area contributed by atoms with Gasteiger partial charge in [-0.1, -0.05) is 25.6 Å². The summed E-state index contributed by atoms with van der Waals surface area (Å²) in [4.78, 5) is 11.4. The molecular weight excluding hydrogens is 176 g/mol. The summed E-state index contributed by atoms with van der Waals surface area (Å²) in [6, 6.07) is 7.39.